The molecule has 0 aliphatic heterocycles. The molecule has 1 rings (SSSR count). The Morgan fingerprint density at radius 2 is 1.69 bits per heavy atom. The van der Waals surface area contributed by atoms with E-state index in [0.717, 1.165) is 0 Å². The fraction of sp³-hybridized carbons (Fsp3) is 0.357. The Hall–Kier alpha value is -1.08. The van der Waals surface area contributed by atoms with E-state index in [1.165, 1.54) is 11.1 Å². The molecule has 88 valence electrons. The van der Waals surface area contributed by atoms with E-state index in [2.05, 4.69) is 69.2 Å². The van der Waals surface area contributed by atoms with Gasteiger partial charge in [0.05, 0.1) is 0 Å². The van der Waals surface area contributed by atoms with Crippen molar-refractivity contribution in [3.63, 3.8) is 0 Å². The molecule has 1 N–H and O–H groups in total. The lowest BCUT2D eigenvalue weighted by molar-refractivity contribution is -0.533. The van der Waals surface area contributed by atoms with E-state index < -0.39 is 0 Å². The molecule has 0 saturated heterocycles. The fourth-order valence-corrected chi connectivity index (χ4v) is 1.18. The Kier molecular flexibility index (Phi) is 6.05. The number of benzene rings is 1. The molecule has 0 unspecified atom stereocenters. The second-order valence-corrected chi connectivity index (χ2v) is 4.84. The first-order chi connectivity index (χ1) is 6.97. The number of rotatable bonds is 2. The van der Waals surface area contributed by atoms with Crippen LogP contribution in [-0.4, -0.2) is 11.8 Å². The van der Waals surface area contributed by atoms with Gasteiger partial charge in [-0.15, -0.1) is 0 Å². The Labute approximate surface area is 105 Å². The molecule has 1 aromatic rings. The molecule has 0 aliphatic rings. The highest BCUT2D eigenvalue weighted by atomic mass is 35.5. The molecule has 16 heavy (non-hydrogen) atoms. The molecule has 0 radical (unpaired) electrons. The molecule has 0 heterocycles. The summed E-state index contributed by atoms with van der Waals surface area (Å²) in [6.45, 7) is 8.56. The summed E-state index contributed by atoms with van der Waals surface area (Å²) in [5.74, 6) is 0. The van der Waals surface area contributed by atoms with Crippen molar-refractivity contribution in [1.29, 1.82) is 0 Å². The second kappa shape index (κ2) is 6.49. The van der Waals surface area contributed by atoms with Crippen LogP contribution in [0.3, 0.4) is 0 Å². The summed E-state index contributed by atoms with van der Waals surface area (Å²) >= 11 is 0. The maximum Gasteiger partial charge on any atom is 0.165 e. The minimum absolute atomic E-state index is 0. The third kappa shape index (κ3) is 6.41. The molecule has 0 atom stereocenters. The minimum atomic E-state index is 0. The number of hydrogen-bond acceptors (Lipinski definition) is 0. The van der Waals surface area contributed by atoms with Crippen molar-refractivity contribution in [2.75, 3.05) is 0 Å². The predicted octanol–water partition coefficient (Wildman–Crippen LogP) is -0.956. The van der Waals surface area contributed by atoms with Crippen LogP contribution in [0.5, 0.6) is 0 Å². The van der Waals surface area contributed by atoms with E-state index in [1.807, 2.05) is 6.07 Å². The van der Waals surface area contributed by atoms with Gasteiger partial charge >= 0.3 is 0 Å². The van der Waals surface area contributed by atoms with Gasteiger partial charge in [-0.2, -0.15) is 0 Å². The van der Waals surface area contributed by atoms with Gasteiger partial charge in [0, 0.05) is 5.57 Å². The summed E-state index contributed by atoms with van der Waals surface area (Å²) in [4.78, 5) is 3.35. The molecule has 0 aromatic heterocycles. The number of halogens is 1. The van der Waals surface area contributed by atoms with Crippen molar-refractivity contribution in [3.05, 3.63) is 41.5 Å². The lowest BCUT2D eigenvalue weighted by Gasteiger charge is -2.03. The molecule has 0 amide bonds. The third-order valence-electron chi connectivity index (χ3n) is 1.93. The van der Waals surface area contributed by atoms with Crippen LogP contribution in [0.25, 0.3) is 6.08 Å². The smallest absolute Gasteiger partial charge is 0.165 e. The third-order valence-corrected chi connectivity index (χ3v) is 1.93. The van der Waals surface area contributed by atoms with E-state index in [0.29, 0.717) is 0 Å². The van der Waals surface area contributed by atoms with E-state index in [-0.39, 0.29) is 17.9 Å². The van der Waals surface area contributed by atoms with Crippen molar-refractivity contribution in [3.8, 4) is 0 Å². The maximum atomic E-state index is 3.35. The van der Waals surface area contributed by atoms with Crippen LogP contribution in [0.15, 0.2) is 35.9 Å². The summed E-state index contributed by atoms with van der Waals surface area (Å²) in [5, 5.41) is 0. The Bertz CT molecular complexity index is 358. The Morgan fingerprint density at radius 3 is 2.19 bits per heavy atom. The standard InChI is InChI=1S/C14H19N.ClH/c1-12(11-15-14(2,3)4)10-13-8-6-5-7-9-13;/h5-11H,1-4H3;1H/b12-10+,15-11?;. The largest absolute Gasteiger partial charge is 1.00 e. The van der Waals surface area contributed by atoms with Crippen LogP contribution in [0.2, 0.25) is 0 Å². The highest BCUT2D eigenvalue weighted by molar-refractivity contribution is 5.81. The zero-order chi connectivity index (χ0) is 11.3. The molecule has 0 bridgehead atoms. The highest BCUT2D eigenvalue weighted by Gasteiger charge is 2.11. The first kappa shape index (κ1) is 14.9. The van der Waals surface area contributed by atoms with E-state index in [1.54, 1.807) is 0 Å². The minimum Gasteiger partial charge on any atom is -1.00 e. The summed E-state index contributed by atoms with van der Waals surface area (Å²) in [6, 6.07) is 10.3. The van der Waals surface area contributed by atoms with Crippen molar-refractivity contribution in [1.82, 2.24) is 0 Å². The molecule has 1 aromatic carbocycles. The summed E-state index contributed by atoms with van der Waals surface area (Å²) < 4.78 is 0. The number of hydrogen-bond donors (Lipinski definition) is 1. The van der Waals surface area contributed by atoms with Crippen molar-refractivity contribution in [2.45, 2.75) is 33.2 Å². The fourth-order valence-electron chi connectivity index (χ4n) is 1.18. The molecule has 0 aliphatic carbocycles. The molecule has 0 saturated carbocycles. The van der Waals surface area contributed by atoms with Crippen LogP contribution in [-0.2, 0) is 0 Å². The lowest BCUT2D eigenvalue weighted by atomic mass is 10.1. The SMILES string of the molecule is C/C(C=[NH+]C(C)(C)C)=C\c1ccccc1.[Cl-]. The van der Waals surface area contributed by atoms with E-state index in [9.17, 15) is 0 Å². The lowest BCUT2D eigenvalue weighted by Crippen LogP contribution is -3.00. The summed E-state index contributed by atoms with van der Waals surface area (Å²) in [7, 11) is 0. The van der Waals surface area contributed by atoms with Crippen molar-refractivity contribution >= 4 is 12.3 Å². The van der Waals surface area contributed by atoms with Crippen molar-refractivity contribution in [2.24, 2.45) is 0 Å². The molecular formula is C14H20ClN. The maximum absolute atomic E-state index is 3.35. The summed E-state index contributed by atoms with van der Waals surface area (Å²) in [6.07, 6.45) is 4.23. The van der Waals surface area contributed by atoms with Gasteiger partial charge in [0.15, 0.2) is 11.8 Å². The average molecular weight is 238 g/mol. The second-order valence-electron chi connectivity index (χ2n) is 4.84. The number of nitrogens with one attached hydrogen (secondary N) is 1. The van der Waals surface area contributed by atoms with Gasteiger partial charge in [0.2, 0.25) is 0 Å². The summed E-state index contributed by atoms with van der Waals surface area (Å²) in [5.41, 5.74) is 2.60. The van der Waals surface area contributed by atoms with Gasteiger partial charge in [-0.25, -0.2) is 4.99 Å². The average Bonchev–Trinajstić information content (AvgIpc) is 2.15. The van der Waals surface area contributed by atoms with Crippen LogP contribution in [0, 0.1) is 0 Å². The molecule has 1 nitrogen and oxygen atoms in total. The Balaban J connectivity index is 0.00000225. The van der Waals surface area contributed by atoms with Gasteiger partial charge in [-0.3, -0.25) is 0 Å². The first-order valence-electron chi connectivity index (χ1n) is 5.32. The van der Waals surface area contributed by atoms with E-state index >= 15 is 0 Å². The molecule has 0 fully saturated rings. The zero-order valence-electron chi connectivity index (χ0n) is 10.4. The van der Waals surface area contributed by atoms with Crippen LogP contribution < -0.4 is 17.4 Å². The predicted molar refractivity (Wildman–Crippen MR) is 66.9 cm³/mol. The van der Waals surface area contributed by atoms with Gasteiger partial charge < -0.3 is 12.4 Å². The van der Waals surface area contributed by atoms with Crippen LogP contribution in [0.4, 0.5) is 0 Å². The van der Waals surface area contributed by atoms with Crippen molar-refractivity contribution < 1.29 is 17.4 Å². The number of allylic oxidation sites excluding steroid dienone is 1. The Morgan fingerprint density at radius 1 is 1.12 bits per heavy atom. The molecule has 2 heteroatoms. The van der Waals surface area contributed by atoms with E-state index in [4.69, 9.17) is 0 Å². The topological polar surface area (TPSA) is 14.0 Å². The molecule has 0 spiro atoms. The van der Waals surface area contributed by atoms with Gasteiger partial charge in [-0.05, 0) is 39.3 Å². The molecular weight excluding hydrogens is 218 g/mol. The van der Waals surface area contributed by atoms with Crippen LogP contribution in [0.1, 0.15) is 33.3 Å². The monoisotopic (exact) mass is 237 g/mol. The zero-order valence-corrected chi connectivity index (χ0v) is 11.2. The van der Waals surface area contributed by atoms with Crippen LogP contribution >= 0.6 is 0 Å². The normalized spacial score (nSPS) is 12.6. The van der Waals surface area contributed by atoms with Gasteiger partial charge in [-0.1, -0.05) is 30.3 Å². The van der Waals surface area contributed by atoms with Gasteiger partial charge in [0.1, 0.15) is 0 Å². The van der Waals surface area contributed by atoms with Gasteiger partial charge in [0.25, 0.3) is 0 Å². The first-order valence-corrected chi connectivity index (χ1v) is 5.32. The quantitative estimate of drug-likeness (QED) is 0.638. The highest BCUT2D eigenvalue weighted by Crippen LogP contribution is 2.03.